The van der Waals surface area contributed by atoms with Crippen LogP contribution in [0.4, 0.5) is 0 Å². The van der Waals surface area contributed by atoms with E-state index in [0.717, 1.165) is 48.3 Å². The SMILES string of the molecule is CC(C)CCCC(C)[C@H]1CCC2C3C(S)C=C4C[C@@H](O)CC[C@]4(C)C3CC[C@@]21C. The van der Waals surface area contributed by atoms with Crippen LogP contribution in [0.2, 0.25) is 0 Å². The standard InChI is InChI=1S/C27H46OS/c1-17(2)7-6-8-18(3)21-9-10-22-25-23(12-14-27(21,22)5)26(4)13-11-20(28)15-19(26)16-24(25)29/h16-18,20-25,28-29H,6-15H2,1-5H3/t18?,20-,21+,22?,23?,24?,25?,26-,27+/m0/s1. The Morgan fingerprint density at radius 1 is 1.03 bits per heavy atom. The van der Waals surface area contributed by atoms with Gasteiger partial charge in [0.1, 0.15) is 0 Å². The van der Waals surface area contributed by atoms with Crippen LogP contribution in [0.5, 0.6) is 0 Å². The Balaban J connectivity index is 1.54. The summed E-state index contributed by atoms with van der Waals surface area (Å²) in [5.41, 5.74) is 2.39. The van der Waals surface area contributed by atoms with E-state index in [-0.39, 0.29) is 6.10 Å². The predicted octanol–water partition coefficient (Wildman–Crippen LogP) is 7.30. The van der Waals surface area contributed by atoms with E-state index < -0.39 is 0 Å². The lowest BCUT2D eigenvalue weighted by Crippen LogP contribution is -2.54. The molecular weight excluding hydrogens is 372 g/mol. The molecule has 0 bridgehead atoms. The molecule has 0 amide bonds. The van der Waals surface area contributed by atoms with Crippen LogP contribution >= 0.6 is 12.6 Å². The Bertz CT molecular complexity index is 626. The van der Waals surface area contributed by atoms with Crippen molar-refractivity contribution in [1.82, 2.24) is 0 Å². The van der Waals surface area contributed by atoms with E-state index in [0.29, 0.717) is 16.1 Å². The lowest BCUT2D eigenvalue weighted by molar-refractivity contribution is -0.0548. The Morgan fingerprint density at radius 3 is 2.52 bits per heavy atom. The highest BCUT2D eigenvalue weighted by molar-refractivity contribution is 7.81. The van der Waals surface area contributed by atoms with Crippen LogP contribution in [0.3, 0.4) is 0 Å². The summed E-state index contributed by atoms with van der Waals surface area (Å²) in [6, 6.07) is 0. The molecule has 4 aliphatic carbocycles. The fourth-order valence-electron chi connectivity index (χ4n) is 8.65. The molecule has 29 heavy (non-hydrogen) atoms. The highest BCUT2D eigenvalue weighted by atomic mass is 32.1. The third-order valence-electron chi connectivity index (χ3n) is 10.3. The van der Waals surface area contributed by atoms with Crippen molar-refractivity contribution in [1.29, 1.82) is 0 Å². The number of thiol groups is 1. The lowest BCUT2D eigenvalue weighted by atomic mass is 9.46. The second-order valence-electron chi connectivity index (χ2n) is 12.3. The van der Waals surface area contributed by atoms with E-state index in [1.165, 1.54) is 56.9 Å². The summed E-state index contributed by atoms with van der Waals surface area (Å²) in [5.74, 6) is 5.00. The summed E-state index contributed by atoms with van der Waals surface area (Å²) < 4.78 is 0. The van der Waals surface area contributed by atoms with E-state index in [1.54, 1.807) is 0 Å². The molecule has 0 saturated heterocycles. The molecule has 1 nitrogen and oxygen atoms in total. The topological polar surface area (TPSA) is 20.2 Å². The largest absolute Gasteiger partial charge is 0.393 e. The maximum absolute atomic E-state index is 10.3. The first-order chi connectivity index (χ1) is 13.7. The molecule has 1 N–H and O–H groups in total. The molecule has 0 aromatic carbocycles. The third-order valence-corrected chi connectivity index (χ3v) is 10.8. The molecule has 0 spiro atoms. The van der Waals surface area contributed by atoms with Crippen molar-refractivity contribution in [3.63, 3.8) is 0 Å². The van der Waals surface area contributed by atoms with Gasteiger partial charge in [-0.3, -0.25) is 0 Å². The first-order valence-corrected chi connectivity index (χ1v) is 13.3. The fourth-order valence-corrected chi connectivity index (χ4v) is 9.25. The predicted molar refractivity (Wildman–Crippen MR) is 127 cm³/mol. The van der Waals surface area contributed by atoms with Gasteiger partial charge in [0.15, 0.2) is 0 Å². The summed E-state index contributed by atoms with van der Waals surface area (Å²) in [6.45, 7) is 12.5. The summed E-state index contributed by atoms with van der Waals surface area (Å²) in [4.78, 5) is 0. The van der Waals surface area contributed by atoms with E-state index in [4.69, 9.17) is 12.6 Å². The molecule has 4 aliphatic rings. The van der Waals surface area contributed by atoms with Gasteiger partial charge in [-0.15, -0.1) is 0 Å². The van der Waals surface area contributed by atoms with E-state index in [9.17, 15) is 5.11 Å². The highest BCUT2D eigenvalue weighted by Gasteiger charge is 2.60. The van der Waals surface area contributed by atoms with Crippen molar-refractivity contribution in [2.45, 2.75) is 110 Å². The Morgan fingerprint density at radius 2 is 1.79 bits per heavy atom. The number of aliphatic hydroxyl groups is 1. The quantitative estimate of drug-likeness (QED) is 0.354. The van der Waals surface area contributed by atoms with Crippen LogP contribution in [0.1, 0.15) is 98.8 Å². The zero-order valence-electron chi connectivity index (χ0n) is 19.7. The van der Waals surface area contributed by atoms with Gasteiger partial charge < -0.3 is 5.11 Å². The molecule has 166 valence electrons. The summed E-state index contributed by atoms with van der Waals surface area (Å²) in [6.07, 6.45) is 15.3. The van der Waals surface area contributed by atoms with Gasteiger partial charge in [-0.25, -0.2) is 0 Å². The van der Waals surface area contributed by atoms with Gasteiger partial charge in [0.05, 0.1) is 6.10 Å². The molecule has 0 aliphatic heterocycles. The number of hydrogen-bond donors (Lipinski definition) is 2. The van der Waals surface area contributed by atoms with Gasteiger partial charge >= 0.3 is 0 Å². The first kappa shape index (κ1) is 22.3. The zero-order valence-corrected chi connectivity index (χ0v) is 20.6. The monoisotopic (exact) mass is 418 g/mol. The second-order valence-corrected chi connectivity index (χ2v) is 12.9. The van der Waals surface area contributed by atoms with Crippen LogP contribution in [0.25, 0.3) is 0 Å². The molecule has 3 fully saturated rings. The van der Waals surface area contributed by atoms with Crippen LogP contribution in [0, 0.1) is 46.3 Å². The molecule has 0 aromatic rings. The van der Waals surface area contributed by atoms with Crippen molar-refractivity contribution in [3.8, 4) is 0 Å². The lowest BCUT2D eigenvalue weighted by Gasteiger charge is -2.59. The molecule has 0 radical (unpaired) electrons. The number of hydrogen-bond acceptors (Lipinski definition) is 2. The minimum Gasteiger partial charge on any atom is -0.393 e. The van der Waals surface area contributed by atoms with E-state index in [1.807, 2.05) is 0 Å². The molecule has 0 heterocycles. The van der Waals surface area contributed by atoms with Crippen LogP contribution in [-0.2, 0) is 0 Å². The number of fused-ring (bicyclic) bond motifs is 5. The average Bonchev–Trinajstić information content (AvgIpc) is 3.00. The van der Waals surface area contributed by atoms with Gasteiger partial charge in [-0.05, 0) is 91.3 Å². The van der Waals surface area contributed by atoms with Gasteiger partial charge in [0.2, 0.25) is 0 Å². The maximum Gasteiger partial charge on any atom is 0.0577 e. The van der Waals surface area contributed by atoms with Gasteiger partial charge in [-0.2, -0.15) is 12.6 Å². The summed E-state index contributed by atoms with van der Waals surface area (Å²) >= 11 is 5.19. The van der Waals surface area contributed by atoms with E-state index in [2.05, 4.69) is 40.7 Å². The molecule has 3 saturated carbocycles. The highest BCUT2D eigenvalue weighted by Crippen LogP contribution is 2.67. The van der Waals surface area contributed by atoms with Crippen molar-refractivity contribution in [2.75, 3.05) is 0 Å². The third kappa shape index (κ3) is 3.77. The smallest absolute Gasteiger partial charge is 0.0577 e. The molecular formula is C27H46OS. The Labute approximate surface area is 185 Å². The Kier molecular flexibility index (Phi) is 6.29. The van der Waals surface area contributed by atoms with Crippen molar-refractivity contribution in [2.24, 2.45) is 46.3 Å². The minimum atomic E-state index is -0.122. The summed E-state index contributed by atoms with van der Waals surface area (Å²) in [7, 11) is 0. The second kappa shape index (κ2) is 8.19. The van der Waals surface area contributed by atoms with E-state index >= 15 is 0 Å². The average molecular weight is 419 g/mol. The normalized spacial score (nSPS) is 47.9. The van der Waals surface area contributed by atoms with Gasteiger partial charge in [0, 0.05) is 5.25 Å². The maximum atomic E-state index is 10.3. The van der Waals surface area contributed by atoms with Gasteiger partial charge in [0.25, 0.3) is 0 Å². The number of aliphatic hydroxyl groups excluding tert-OH is 1. The van der Waals surface area contributed by atoms with Gasteiger partial charge in [-0.1, -0.05) is 65.5 Å². The molecule has 9 atom stereocenters. The first-order valence-electron chi connectivity index (χ1n) is 12.7. The van der Waals surface area contributed by atoms with Crippen LogP contribution in [-0.4, -0.2) is 16.5 Å². The van der Waals surface area contributed by atoms with Crippen LogP contribution < -0.4 is 0 Å². The molecule has 0 aromatic heterocycles. The fraction of sp³-hybridized carbons (Fsp3) is 0.926. The van der Waals surface area contributed by atoms with Crippen molar-refractivity contribution < 1.29 is 5.11 Å². The molecule has 2 heteroatoms. The molecule has 5 unspecified atom stereocenters. The zero-order chi connectivity index (χ0) is 21.0. The molecule has 4 rings (SSSR count). The van der Waals surface area contributed by atoms with Crippen LogP contribution in [0.15, 0.2) is 11.6 Å². The minimum absolute atomic E-state index is 0.122. The van der Waals surface area contributed by atoms with Crippen molar-refractivity contribution in [3.05, 3.63) is 11.6 Å². The number of rotatable bonds is 5. The van der Waals surface area contributed by atoms with Crippen molar-refractivity contribution >= 4 is 12.6 Å². The summed E-state index contributed by atoms with van der Waals surface area (Å²) in [5, 5.41) is 10.7. The Hall–Kier alpha value is 0.0500.